The molecule has 0 unspecified atom stereocenters. The van der Waals surface area contributed by atoms with Crippen molar-refractivity contribution in [2.45, 2.75) is 5.41 Å². The first-order chi connectivity index (χ1) is 21.8. The van der Waals surface area contributed by atoms with E-state index in [1.54, 1.807) is 0 Å². The van der Waals surface area contributed by atoms with E-state index in [0.29, 0.717) is 0 Å². The summed E-state index contributed by atoms with van der Waals surface area (Å²) in [6.07, 6.45) is 0. The number of hydrogen-bond donors (Lipinski definition) is 0. The van der Waals surface area contributed by atoms with Gasteiger partial charge in [-0.2, -0.15) is 0 Å². The van der Waals surface area contributed by atoms with Crippen LogP contribution in [0.4, 0.5) is 17.1 Å². The van der Waals surface area contributed by atoms with Gasteiger partial charge in [0.2, 0.25) is 0 Å². The van der Waals surface area contributed by atoms with E-state index < -0.39 is 5.41 Å². The van der Waals surface area contributed by atoms with Crippen LogP contribution in [0.25, 0.3) is 22.3 Å². The topological polar surface area (TPSA) is 3.24 Å². The summed E-state index contributed by atoms with van der Waals surface area (Å²) in [5.74, 6) is 0. The van der Waals surface area contributed by atoms with Crippen molar-refractivity contribution in [3.05, 3.63) is 210 Å². The summed E-state index contributed by atoms with van der Waals surface area (Å²) in [5.41, 5.74) is 13.2. The van der Waals surface area contributed by atoms with Crippen LogP contribution in [0, 0.1) is 0 Å². The van der Waals surface area contributed by atoms with Crippen molar-refractivity contribution in [2.24, 2.45) is 0 Å². The summed E-state index contributed by atoms with van der Waals surface area (Å²) in [6, 6.07) is 68.1. The molecule has 1 heteroatoms. The van der Waals surface area contributed by atoms with E-state index in [2.05, 4.69) is 193 Å². The van der Waals surface area contributed by atoms with Crippen LogP contribution < -0.4 is 4.90 Å². The summed E-state index contributed by atoms with van der Waals surface area (Å²) >= 11 is 0. The Balaban J connectivity index is 1.32. The van der Waals surface area contributed by atoms with E-state index in [1.165, 1.54) is 44.5 Å². The van der Waals surface area contributed by atoms with Crippen LogP contribution in [0.1, 0.15) is 22.3 Å². The molecular weight excluding hydrogens is 530 g/mol. The molecule has 0 aliphatic heterocycles. The maximum atomic E-state index is 2.40. The molecule has 7 aromatic carbocycles. The molecule has 44 heavy (non-hydrogen) atoms. The Morgan fingerprint density at radius 3 is 1.34 bits per heavy atom. The summed E-state index contributed by atoms with van der Waals surface area (Å²) in [4.78, 5) is 2.32. The van der Waals surface area contributed by atoms with Crippen molar-refractivity contribution in [1.82, 2.24) is 0 Å². The highest BCUT2D eigenvalue weighted by atomic mass is 15.1. The maximum Gasteiger partial charge on any atom is 0.0713 e. The second kappa shape index (κ2) is 10.9. The molecule has 0 fully saturated rings. The average molecular weight is 562 g/mol. The molecule has 0 N–H and O–H groups in total. The smallest absolute Gasteiger partial charge is 0.0713 e. The zero-order valence-corrected chi connectivity index (χ0v) is 24.3. The van der Waals surface area contributed by atoms with Gasteiger partial charge in [-0.25, -0.2) is 0 Å². The van der Waals surface area contributed by atoms with Crippen molar-refractivity contribution in [3.63, 3.8) is 0 Å². The van der Waals surface area contributed by atoms with E-state index in [-0.39, 0.29) is 0 Å². The molecule has 0 spiro atoms. The molecule has 0 saturated carbocycles. The summed E-state index contributed by atoms with van der Waals surface area (Å²) in [5, 5.41) is 0. The number of nitrogens with zero attached hydrogens (tertiary/aromatic N) is 1. The molecule has 208 valence electrons. The van der Waals surface area contributed by atoms with Crippen LogP contribution in [0.5, 0.6) is 0 Å². The van der Waals surface area contributed by atoms with Crippen molar-refractivity contribution < 1.29 is 0 Å². The molecule has 0 saturated heterocycles. The average Bonchev–Trinajstić information content (AvgIpc) is 3.41. The summed E-state index contributed by atoms with van der Waals surface area (Å²) in [7, 11) is 0. The summed E-state index contributed by atoms with van der Waals surface area (Å²) < 4.78 is 0. The van der Waals surface area contributed by atoms with Crippen LogP contribution >= 0.6 is 0 Å². The van der Waals surface area contributed by atoms with Gasteiger partial charge in [-0.05, 0) is 87.0 Å². The van der Waals surface area contributed by atoms with Crippen molar-refractivity contribution >= 4 is 17.1 Å². The van der Waals surface area contributed by atoms with Crippen LogP contribution in [0.15, 0.2) is 188 Å². The minimum Gasteiger partial charge on any atom is -0.310 e. The third kappa shape index (κ3) is 4.17. The fourth-order valence-electron chi connectivity index (χ4n) is 7.07. The lowest BCUT2D eigenvalue weighted by molar-refractivity contribution is 0.769. The van der Waals surface area contributed by atoms with Crippen molar-refractivity contribution in [2.75, 3.05) is 4.90 Å². The van der Waals surface area contributed by atoms with Gasteiger partial charge in [0, 0.05) is 17.1 Å². The standard InChI is InChI=1S/C43H31N/c1-4-18-34(19-5-1)43(41-28-12-10-26-39(41)40-27-11-13-29-42(40)43)35-20-14-16-32(30-35)33-17-15-25-38(31-33)44(36-21-6-2-7-22-36)37-23-8-3-9-24-37/h1-31H. The van der Waals surface area contributed by atoms with Gasteiger partial charge < -0.3 is 4.90 Å². The lowest BCUT2D eigenvalue weighted by Crippen LogP contribution is -2.28. The molecule has 7 aromatic rings. The van der Waals surface area contributed by atoms with Gasteiger partial charge in [-0.1, -0.05) is 146 Å². The van der Waals surface area contributed by atoms with Gasteiger partial charge in [0.25, 0.3) is 0 Å². The highest BCUT2D eigenvalue weighted by Gasteiger charge is 2.45. The Hall–Kier alpha value is -5.66. The largest absolute Gasteiger partial charge is 0.310 e. The molecule has 0 atom stereocenters. The Morgan fingerprint density at radius 1 is 0.318 bits per heavy atom. The number of rotatable bonds is 6. The zero-order chi connectivity index (χ0) is 29.3. The van der Waals surface area contributed by atoms with Gasteiger partial charge in [0.15, 0.2) is 0 Å². The molecule has 1 aliphatic carbocycles. The Kier molecular flexibility index (Phi) is 6.43. The van der Waals surface area contributed by atoms with E-state index in [9.17, 15) is 0 Å². The minimum atomic E-state index is -0.415. The van der Waals surface area contributed by atoms with Gasteiger partial charge in [-0.15, -0.1) is 0 Å². The lowest BCUT2D eigenvalue weighted by atomic mass is 9.67. The van der Waals surface area contributed by atoms with Crippen LogP contribution in [0.3, 0.4) is 0 Å². The number of para-hydroxylation sites is 2. The lowest BCUT2D eigenvalue weighted by Gasteiger charge is -2.34. The highest BCUT2D eigenvalue weighted by molar-refractivity contribution is 5.87. The van der Waals surface area contributed by atoms with E-state index in [0.717, 1.165) is 17.1 Å². The number of fused-ring (bicyclic) bond motifs is 3. The molecular formula is C43H31N. The third-order valence-electron chi connectivity index (χ3n) is 8.92. The molecule has 1 nitrogen and oxygen atoms in total. The number of benzene rings is 7. The fourth-order valence-corrected chi connectivity index (χ4v) is 7.07. The SMILES string of the molecule is c1ccc(N(c2ccccc2)c2cccc(-c3cccc(C4(c5ccccc5)c5ccccc5-c5ccccc54)c3)c2)cc1. The molecule has 0 aromatic heterocycles. The molecule has 0 heterocycles. The van der Waals surface area contributed by atoms with Gasteiger partial charge >= 0.3 is 0 Å². The fraction of sp³-hybridized carbons (Fsp3) is 0.0233. The Labute approximate surface area is 259 Å². The normalized spacial score (nSPS) is 12.7. The second-order valence-corrected chi connectivity index (χ2v) is 11.3. The van der Waals surface area contributed by atoms with Gasteiger partial charge in [0.05, 0.1) is 5.41 Å². The summed E-state index contributed by atoms with van der Waals surface area (Å²) in [6.45, 7) is 0. The predicted molar refractivity (Wildman–Crippen MR) is 184 cm³/mol. The van der Waals surface area contributed by atoms with Crippen molar-refractivity contribution in [1.29, 1.82) is 0 Å². The van der Waals surface area contributed by atoms with E-state index in [1.807, 2.05) is 0 Å². The molecule has 0 radical (unpaired) electrons. The molecule has 1 aliphatic rings. The van der Waals surface area contributed by atoms with E-state index in [4.69, 9.17) is 0 Å². The number of hydrogen-bond acceptors (Lipinski definition) is 1. The first-order valence-corrected chi connectivity index (χ1v) is 15.2. The van der Waals surface area contributed by atoms with Crippen LogP contribution in [-0.2, 0) is 5.41 Å². The Morgan fingerprint density at radius 2 is 0.750 bits per heavy atom. The predicted octanol–water partition coefficient (Wildman–Crippen LogP) is 11.2. The Bertz CT molecular complexity index is 1980. The number of anilines is 3. The van der Waals surface area contributed by atoms with Crippen molar-refractivity contribution in [3.8, 4) is 22.3 Å². The third-order valence-corrected chi connectivity index (χ3v) is 8.92. The highest BCUT2D eigenvalue weighted by Crippen LogP contribution is 2.56. The molecule has 0 amide bonds. The van der Waals surface area contributed by atoms with Crippen LogP contribution in [-0.4, -0.2) is 0 Å². The quantitative estimate of drug-likeness (QED) is 0.195. The van der Waals surface area contributed by atoms with E-state index >= 15 is 0 Å². The molecule has 8 rings (SSSR count). The van der Waals surface area contributed by atoms with Gasteiger partial charge in [-0.3, -0.25) is 0 Å². The zero-order valence-electron chi connectivity index (χ0n) is 24.3. The van der Waals surface area contributed by atoms with Crippen LogP contribution in [0.2, 0.25) is 0 Å². The minimum absolute atomic E-state index is 0.415. The first kappa shape index (κ1) is 26.0. The monoisotopic (exact) mass is 561 g/mol. The first-order valence-electron chi connectivity index (χ1n) is 15.2. The molecule has 0 bridgehead atoms. The van der Waals surface area contributed by atoms with Gasteiger partial charge in [0.1, 0.15) is 0 Å². The second-order valence-electron chi connectivity index (χ2n) is 11.3. The maximum absolute atomic E-state index is 2.40.